The topological polar surface area (TPSA) is 156 Å². The summed E-state index contributed by atoms with van der Waals surface area (Å²) in [7, 11) is -3.91. The molecule has 0 spiro atoms. The number of pyridine rings is 2. The summed E-state index contributed by atoms with van der Waals surface area (Å²) in [5.41, 5.74) is 9.55. The molecule has 3 heterocycles. The Bertz CT molecular complexity index is 1760. The number of carboxylic acid groups (broad SMARTS) is 1. The van der Waals surface area contributed by atoms with Crippen molar-refractivity contribution in [2.45, 2.75) is 23.8 Å². The zero-order valence-electron chi connectivity index (χ0n) is 21.2. The minimum Gasteiger partial charge on any atom is -0.480 e. The Morgan fingerprint density at radius 2 is 1.73 bits per heavy atom. The second-order valence-electron chi connectivity index (χ2n) is 9.16. The van der Waals surface area contributed by atoms with Gasteiger partial charge in [0.25, 0.3) is 0 Å². The van der Waals surface area contributed by atoms with Crippen molar-refractivity contribution in [3.8, 4) is 23.1 Å². The van der Waals surface area contributed by atoms with Gasteiger partial charge in [0.1, 0.15) is 6.04 Å². The lowest BCUT2D eigenvalue weighted by molar-refractivity contribution is -0.140. The Hall–Kier alpha value is -4.63. The number of carbonyl (C=O) groups is 2. The highest BCUT2D eigenvalue weighted by atomic mass is 32.2. The minimum atomic E-state index is -3.91. The number of nitrogens with two attached hydrogens (primary N) is 1. The Balaban J connectivity index is 1.34. The maximum atomic E-state index is 12.9. The maximum absolute atomic E-state index is 12.9. The number of sulfonamides is 1. The smallest absolute Gasteiger partial charge is 0.322 e. The van der Waals surface area contributed by atoms with Crippen LogP contribution in [0.15, 0.2) is 78.0 Å². The van der Waals surface area contributed by atoms with Gasteiger partial charge < -0.3 is 16.2 Å². The summed E-state index contributed by atoms with van der Waals surface area (Å²) in [5.74, 6) is 4.63. The van der Waals surface area contributed by atoms with E-state index in [2.05, 4.69) is 27.1 Å². The van der Waals surface area contributed by atoms with Crippen molar-refractivity contribution < 1.29 is 23.1 Å². The molecular weight excluding hydrogens is 530 g/mol. The first-order valence-electron chi connectivity index (χ1n) is 12.5. The van der Waals surface area contributed by atoms with Crippen molar-refractivity contribution in [3.05, 3.63) is 84.2 Å². The predicted octanol–water partition coefficient (Wildman–Crippen LogP) is 2.83. The fourth-order valence-corrected chi connectivity index (χ4v) is 6.16. The predicted molar refractivity (Wildman–Crippen MR) is 150 cm³/mol. The quantitative estimate of drug-likeness (QED) is 0.307. The van der Waals surface area contributed by atoms with Crippen LogP contribution in [0.3, 0.4) is 0 Å². The van der Waals surface area contributed by atoms with Gasteiger partial charge in [0.15, 0.2) is 0 Å². The van der Waals surface area contributed by atoms with Crippen LogP contribution < -0.4 is 11.1 Å². The number of carboxylic acids is 1. The maximum Gasteiger partial charge on any atom is 0.322 e. The molecule has 1 fully saturated rings. The molecule has 202 valence electrons. The van der Waals surface area contributed by atoms with E-state index < -0.39 is 22.0 Å². The molecule has 1 unspecified atom stereocenters. The lowest BCUT2D eigenvalue weighted by Crippen LogP contribution is -2.40. The first-order chi connectivity index (χ1) is 19.3. The second-order valence-corrected chi connectivity index (χ2v) is 11.1. The van der Waals surface area contributed by atoms with Gasteiger partial charge in [-0.3, -0.25) is 14.6 Å². The van der Waals surface area contributed by atoms with Crippen molar-refractivity contribution in [3.63, 3.8) is 0 Å². The lowest BCUT2D eigenvalue weighted by Gasteiger charge is -2.20. The molecule has 1 aliphatic rings. The fourth-order valence-electron chi connectivity index (χ4n) is 4.51. The Morgan fingerprint density at radius 3 is 2.38 bits per heavy atom. The van der Waals surface area contributed by atoms with Gasteiger partial charge in [0.05, 0.1) is 28.3 Å². The van der Waals surface area contributed by atoms with E-state index in [9.17, 15) is 23.1 Å². The van der Waals surface area contributed by atoms with E-state index in [1.54, 1.807) is 36.7 Å². The van der Waals surface area contributed by atoms with Crippen molar-refractivity contribution in [2.24, 2.45) is 5.73 Å². The average Bonchev–Trinajstić information content (AvgIpc) is 3.48. The number of carbonyl (C=O) groups excluding carboxylic acids is 1. The molecule has 10 nitrogen and oxygen atoms in total. The zero-order valence-corrected chi connectivity index (χ0v) is 22.1. The van der Waals surface area contributed by atoms with Crippen LogP contribution in [0.25, 0.3) is 22.2 Å². The third-order valence-electron chi connectivity index (χ3n) is 6.55. The molecule has 1 amide bonds. The molecule has 0 bridgehead atoms. The summed E-state index contributed by atoms with van der Waals surface area (Å²) in [6.45, 7) is 0.0430. The molecule has 1 saturated heterocycles. The monoisotopic (exact) mass is 555 g/mol. The SMILES string of the molecule is NCC(=O)Nc1cc(-c2ccc(C#Cc3ccc(S(=O)(=O)N4CCCC4C(=O)O)cc3)cc2)nc2ccncc12. The number of anilines is 1. The molecule has 4 aromatic rings. The molecule has 2 aromatic heterocycles. The van der Waals surface area contributed by atoms with Gasteiger partial charge in [-0.2, -0.15) is 4.31 Å². The summed E-state index contributed by atoms with van der Waals surface area (Å²) in [4.78, 5) is 32.2. The number of amides is 1. The number of benzene rings is 2. The number of aromatic nitrogens is 2. The third-order valence-corrected chi connectivity index (χ3v) is 8.47. The number of aliphatic carboxylic acids is 1. The minimum absolute atomic E-state index is 0.0382. The third kappa shape index (κ3) is 5.55. The van der Waals surface area contributed by atoms with E-state index in [0.717, 1.165) is 15.4 Å². The molecule has 40 heavy (non-hydrogen) atoms. The summed E-state index contributed by atoms with van der Waals surface area (Å²) < 4.78 is 26.9. The number of fused-ring (bicyclic) bond motifs is 1. The van der Waals surface area contributed by atoms with Crippen LogP contribution in [0.1, 0.15) is 24.0 Å². The normalized spacial score (nSPS) is 15.4. The van der Waals surface area contributed by atoms with E-state index in [0.29, 0.717) is 40.7 Å². The summed E-state index contributed by atoms with van der Waals surface area (Å²) in [6, 6.07) is 16.0. The Labute approximate surface area is 230 Å². The Morgan fingerprint density at radius 1 is 1.05 bits per heavy atom. The van der Waals surface area contributed by atoms with Gasteiger partial charge in [-0.15, -0.1) is 0 Å². The first kappa shape index (κ1) is 27.0. The van der Waals surface area contributed by atoms with Crippen LogP contribution in [0.5, 0.6) is 0 Å². The Kier molecular flexibility index (Phi) is 7.57. The number of rotatable bonds is 6. The largest absolute Gasteiger partial charge is 0.480 e. The fraction of sp³-hybridized carbons (Fsp3) is 0.172. The van der Waals surface area contributed by atoms with Gasteiger partial charge >= 0.3 is 5.97 Å². The molecule has 1 aliphatic heterocycles. The number of hydrogen-bond donors (Lipinski definition) is 3. The lowest BCUT2D eigenvalue weighted by atomic mass is 10.1. The number of hydrogen-bond acceptors (Lipinski definition) is 7. The highest BCUT2D eigenvalue weighted by Crippen LogP contribution is 2.28. The number of nitrogens with zero attached hydrogens (tertiary/aromatic N) is 3. The van der Waals surface area contributed by atoms with Crippen LogP contribution in [0.4, 0.5) is 5.69 Å². The summed E-state index contributed by atoms with van der Waals surface area (Å²) >= 11 is 0. The molecule has 0 saturated carbocycles. The molecule has 2 aromatic carbocycles. The summed E-state index contributed by atoms with van der Waals surface area (Å²) in [5, 5.41) is 12.8. The standard InChI is InChI=1S/C29H25N5O5S/c30-17-28(35)33-26-16-25(32-24-13-14-31-18-23(24)26)21-9-5-19(6-10-21)3-4-20-7-11-22(12-8-20)40(38,39)34-15-1-2-27(34)29(36)37/h5-14,16,18,27H,1-2,15,17,30H2,(H,36,37)(H,32,33,35). The van der Waals surface area contributed by atoms with Gasteiger partial charge in [-0.05, 0) is 61.4 Å². The van der Waals surface area contributed by atoms with Gasteiger partial charge in [-0.25, -0.2) is 13.4 Å². The van der Waals surface area contributed by atoms with Crippen LogP contribution in [-0.4, -0.2) is 58.8 Å². The highest BCUT2D eigenvalue weighted by Gasteiger charge is 2.39. The number of nitrogens with one attached hydrogen (secondary N) is 1. The second kappa shape index (κ2) is 11.2. The van der Waals surface area contributed by atoms with Crippen LogP contribution in [-0.2, 0) is 19.6 Å². The van der Waals surface area contributed by atoms with Crippen molar-refractivity contribution in [1.29, 1.82) is 0 Å². The van der Waals surface area contributed by atoms with Gasteiger partial charge in [0, 0.05) is 41.0 Å². The van der Waals surface area contributed by atoms with E-state index in [4.69, 9.17) is 5.73 Å². The van der Waals surface area contributed by atoms with Crippen molar-refractivity contribution in [2.75, 3.05) is 18.4 Å². The molecule has 4 N–H and O–H groups in total. The molecule has 0 radical (unpaired) electrons. The molecule has 11 heteroatoms. The van der Waals surface area contributed by atoms with Crippen LogP contribution >= 0.6 is 0 Å². The molecule has 5 rings (SSSR count). The van der Waals surface area contributed by atoms with Crippen LogP contribution in [0, 0.1) is 11.8 Å². The molecule has 0 aliphatic carbocycles. The van der Waals surface area contributed by atoms with Gasteiger partial charge in [0.2, 0.25) is 15.9 Å². The van der Waals surface area contributed by atoms with Crippen LogP contribution in [0.2, 0.25) is 0 Å². The van der Waals surface area contributed by atoms with Gasteiger partial charge in [-0.1, -0.05) is 24.0 Å². The first-order valence-corrected chi connectivity index (χ1v) is 13.9. The molecule has 1 atom stereocenters. The highest BCUT2D eigenvalue weighted by molar-refractivity contribution is 7.89. The van der Waals surface area contributed by atoms with Crippen molar-refractivity contribution in [1.82, 2.24) is 14.3 Å². The summed E-state index contributed by atoms with van der Waals surface area (Å²) in [6.07, 6.45) is 4.09. The van der Waals surface area contributed by atoms with E-state index in [1.807, 2.05) is 24.3 Å². The van der Waals surface area contributed by atoms with E-state index in [1.165, 1.54) is 12.1 Å². The zero-order chi connectivity index (χ0) is 28.3. The molecular formula is C29H25N5O5S. The van der Waals surface area contributed by atoms with E-state index in [-0.39, 0.29) is 23.9 Å². The van der Waals surface area contributed by atoms with E-state index >= 15 is 0 Å². The van der Waals surface area contributed by atoms with Crippen molar-refractivity contribution >= 4 is 38.5 Å². The average molecular weight is 556 g/mol.